The van der Waals surface area contributed by atoms with E-state index in [0.29, 0.717) is 53.1 Å². The highest BCUT2D eigenvalue weighted by atomic mass is 32.2. The molecule has 3 aliphatic rings. The van der Waals surface area contributed by atoms with E-state index in [2.05, 4.69) is 20.1 Å². The molecule has 1 N–H and O–H groups in total. The first-order chi connectivity index (χ1) is 24.9. The van der Waals surface area contributed by atoms with Gasteiger partial charge in [0.15, 0.2) is 5.65 Å². The monoisotopic (exact) mass is 756 g/mol. The van der Waals surface area contributed by atoms with Crippen molar-refractivity contribution in [2.24, 2.45) is 5.41 Å². The highest BCUT2D eigenvalue weighted by molar-refractivity contribution is 7.89. The average Bonchev–Trinajstić information content (AvgIpc) is 3.43. The molecule has 0 amide bonds. The van der Waals surface area contributed by atoms with Crippen molar-refractivity contribution in [2.45, 2.75) is 89.4 Å². The Morgan fingerprint density at radius 2 is 1.77 bits per heavy atom. The minimum absolute atomic E-state index is 0.0218. The van der Waals surface area contributed by atoms with E-state index >= 15 is 0 Å². The van der Waals surface area contributed by atoms with Crippen LogP contribution in [0.15, 0.2) is 41.4 Å². The van der Waals surface area contributed by atoms with E-state index in [4.69, 9.17) is 9.47 Å². The van der Waals surface area contributed by atoms with Crippen molar-refractivity contribution in [2.75, 3.05) is 32.8 Å². The quantitative estimate of drug-likeness (QED) is 0.208. The number of aromatic nitrogens is 4. The van der Waals surface area contributed by atoms with Gasteiger partial charge < -0.3 is 14.6 Å². The van der Waals surface area contributed by atoms with Crippen LogP contribution in [0.5, 0.6) is 11.8 Å². The molecular weight excluding hydrogens is 714 g/mol. The number of fused-ring (bicyclic) bond motifs is 2. The predicted octanol–water partition coefficient (Wildman–Crippen LogP) is 5.90. The zero-order chi connectivity index (χ0) is 38.1. The number of aryl methyl sites for hydroxylation is 3. The van der Waals surface area contributed by atoms with Gasteiger partial charge in [-0.25, -0.2) is 8.42 Å². The fraction of sp³-hybridized carbons (Fsp3) is 0.514. The number of hydrogen-bond acceptors (Lipinski definition) is 9. The molecule has 284 valence electrons. The lowest BCUT2D eigenvalue weighted by Gasteiger charge is -2.33. The number of rotatable bonds is 10. The maximum absolute atomic E-state index is 14.4. The Bertz CT molecular complexity index is 2190. The van der Waals surface area contributed by atoms with Crippen molar-refractivity contribution in [1.82, 2.24) is 28.8 Å². The smallest absolute Gasteiger partial charge is 0.452 e. The van der Waals surface area contributed by atoms with Crippen molar-refractivity contribution in [3.05, 3.63) is 75.7 Å². The molecule has 1 spiro atoms. The summed E-state index contributed by atoms with van der Waals surface area (Å²) in [5, 5.41) is 17.6. The van der Waals surface area contributed by atoms with Crippen LogP contribution in [0.4, 0.5) is 13.2 Å². The number of nitrogens with zero attached hydrogens (tertiary/aromatic N) is 6. The number of likely N-dealkylation sites (tertiary alicyclic amines) is 1. The Morgan fingerprint density at radius 3 is 2.43 bits per heavy atom. The molecule has 1 aliphatic carbocycles. The van der Waals surface area contributed by atoms with E-state index in [1.807, 2.05) is 13.0 Å². The van der Waals surface area contributed by atoms with Crippen LogP contribution >= 0.6 is 0 Å². The predicted molar refractivity (Wildman–Crippen MR) is 187 cm³/mol. The summed E-state index contributed by atoms with van der Waals surface area (Å²) in [4.78, 5) is 19.6. The molecule has 1 atom stereocenters. The number of alkyl halides is 3. The third-order valence-electron chi connectivity index (χ3n) is 10.9. The van der Waals surface area contributed by atoms with E-state index in [0.717, 1.165) is 29.6 Å². The van der Waals surface area contributed by atoms with Gasteiger partial charge in [0.2, 0.25) is 27.6 Å². The van der Waals surface area contributed by atoms with Gasteiger partial charge in [0, 0.05) is 30.8 Å². The van der Waals surface area contributed by atoms with Gasteiger partial charge in [-0.15, -0.1) is 10.2 Å². The molecule has 5 heterocycles. The Morgan fingerprint density at radius 1 is 1.06 bits per heavy atom. The van der Waals surface area contributed by atoms with Crippen LogP contribution in [-0.2, 0) is 27.5 Å². The van der Waals surface area contributed by atoms with Gasteiger partial charge in [0.25, 0.3) is 0 Å². The lowest BCUT2D eigenvalue weighted by atomic mass is 9.70. The van der Waals surface area contributed by atoms with Crippen LogP contribution < -0.4 is 9.47 Å². The second-order valence-corrected chi connectivity index (χ2v) is 17.0. The number of ether oxygens (including phenoxy) is 2. The largest absolute Gasteiger partial charge is 0.481 e. The number of sulfonamides is 1. The standard InChI is InChI=1S/C37H43F3N6O6S/c1-22-8-9-25(29(35(4,5)34(47)48)27-10-15-46-30(24(27)3)42-43-33(46)37(38,39)40)19-26(22)20-45-21-36(11-12-36)52-32-28(53(45,49)50)18-23(2)31(41-32)51-17-16-44-13-6-7-14-44/h8-10,15,18-19,29H,6-7,11-14,16-17,20-21H2,1-5H3,(H,47,48)/t29-/m0/s1. The number of hydrogen-bond donors (Lipinski definition) is 1. The van der Waals surface area contributed by atoms with Crippen LogP contribution in [0, 0.1) is 26.2 Å². The van der Waals surface area contributed by atoms with Crippen LogP contribution in [0.2, 0.25) is 0 Å². The van der Waals surface area contributed by atoms with Crippen LogP contribution in [0.25, 0.3) is 5.65 Å². The summed E-state index contributed by atoms with van der Waals surface area (Å²) in [7, 11) is -4.13. The maximum atomic E-state index is 14.4. The molecule has 2 aliphatic heterocycles. The van der Waals surface area contributed by atoms with Crippen molar-refractivity contribution in [1.29, 1.82) is 0 Å². The summed E-state index contributed by atoms with van der Waals surface area (Å²) in [6.07, 6.45) is 0.0905. The molecule has 1 saturated carbocycles. The minimum Gasteiger partial charge on any atom is -0.481 e. The van der Waals surface area contributed by atoms with E-state index < -0.39 is 44.9 Å². The van der Waals surface area contributed by atoms with Crippen molar-refractivity contribution in [3.8, 4) is 11.8 Å². The summed E-state index contributed by atoms with van der Waals surface area (Å²) >= 11 is 0. The molecule has 2 fully saturated rings. The molecule has 53 heavy (non-hydrogen) atoms. The van der Waals surface area contributed by atoms with Crippen LogP contribution in [0.1, 0.15) is 84.7 Å². The Kier molecular flexibility index (Phi) is 9.25. The molecule has 3 aromatic heterocycles. The molecule has 0 bridgehead atoms. The second-order valence-electron chi connectivity index (χ2n) is 15.1. The molecule has 16 heteroatoms. The number of pyridine rings is 2. The van der Waals surface area contributed by atoms with Gasteiger partial charge >= 0.3 is 12.1 Å². The van der Waals surface area contributed by atoms with E-state index in [9.17, 15) is 31.5 Å². The molecule has 0 radical (unpaired) electrons. The highest BCUT2D eigenvalue weighted by Gasteiger charge is 2.53. The highest BCUT2D eigenvalue weighted by Crippen LogP contribution is 2.48. The summed E-state index contributed by atoms with van der Waals surface area (Å²) < 4.78 is 84.4. The van der Waals surface area contributed by atoms with Gasteiger partial charge in [0.1, 0.15) is 17.1 Å². The first-order valence-electron chi connectivity index (χ1n) is 17.7. The Labute approximate surface area is 306 Å². The summed E-state index contributed by atoms with van der Waals surface area (Å²) in [5.41, 5.74) is 1.13. The van der Waals surface area contributed by atoms with Crippen LogP contribution in [0.3, 0.4) is 0 Å². The maximum Gasteiger partial charge on any atom is 0.452 e. The fourth-order valence-corrected chi connectivity index (χ4v) is 9.13. The zero-order valence-electron chi connectivity index (χ0n) is 30.3. The lowest BCUT2D eigenvalue weighted by Crippen LogP contribution is -2.38. The molecule has 1 aromatic carbocycles. The molecule has 12 nitrogen and oxygen atoms in total. The van der Waals surface area contributed by atoms with Crippen molar-refractivity contribution < 1.29 is 41.0 Å². The van der Waals surface area contributed by atoms with Crippen LogP contribution in [-0.4, -0.2) is 86.7 Å². The zero-order valence-corrected chi connectivity index (χ0v) is 31.1. The summed E-state index contributed by atoms with van der Waals surface area (Å²) in [6.45, 7) is 11.6. The fourth-order valence-electron chi connectivity index (χ4n) is 7.50. The van der Waals surface area contributed by atoms with Crippen molar-refractivity contribution >= 4 is 21.6 Å². The number of halogens is 3. The summed E-state index contributed by atoms with van der Waals surface area (Å²) in [5.74, 6) is -2.80. The molecule has 1 saturated heterocycles. The van der Waals surface area contributed by atoms with Gasteiger partial charge in [0.05, 0.1) is 12.0 Å². The van der Waals surface area contributed by atoms with Gasteiger partial charge in [-0.1, -0.05) is 18.2 Å². The third kappa shape index (κ3) is 6.84. The SMILES string of the molecule is Cc1ccc([C@@H](c2ccn3c(C(F)(F)F)nnc3c2C)C(C)(C)C(=O)O)cc1CN1CC2(CC2)Oc2nc(OCCN3CCCC3)c(C)cc2S1(=O)=O. The van der Waals surface area contributed by atoms with E-state index in [1.165, 1.54) is 29.4 Å². The van der Waals surface area contributed by atoms with E-state index in [1.54, 1.807) is 45.9 Å². The topological polar surface area (TPSA) is 139 Å². The first-order valence-corrected chi connectivity index (χ1v) is 19.2. The Balaban J connectivity index is 1.24. The molecular formula is C37H43F3N6O6S. The second kappa shape index (κ2) is 13.2. The van der Waals surface area contributed by atoms with Gasteiger partial charge in [-0.3, -0.25) is 14.1 Å². The number of benzene rings is 1. The Hall–Kier alpha value is -4.28. The normalized spacial score (nSPS) is 19.2. The molecule has 4 aromatic rings. The lowest BCUT2D eigenvalue weighted by molar-refractivity contribution is -0.147. The minimum atomic E-state index is -4.74. The van der Waals surface area contributed by atoms with Gasteiger partial charge in [-0.05, 0) is 113 Å². The molecule has 7 rings (SSSR count). The first kappa shape index (κ1) is 37.1. The van der Waals surface area contributed by atoms with Gasteiger partial charge in [-0.2, -0.15) is 22.5 Å². The number of carboxylic acids is 1. The van der Waals surface area contributed by atoms with Crippen molar-refractivity contribution in [3.63, 3.8) is 0 Å². The number of carboxylic acid groups (broad SMARTS) is 1. The summed E-state index contributed by atoms with van der Waals surface area (Å²) in [6, 6.07) is 8.40. The van der Waals surface area contributed by atoms with E-state index in [-0.39, 0.29) is 29.5 Å². The number of aliphatic carboxylic acids is 1. The average molecular weight is 757 g/mol. The third-order valence-corrected chi connectivity index (χ3v) is 12.7. The number of carbonyl (C=O) groups is 1. The molecule has 0 unspecified atom stereocenters.